The van der Waals surface area contributed by atoms with Gasteiger partial charge in [0.05, 0.1) is 17.6 Å². The molecule has 1 aromatic heterocycles. The molecule has 4 heteroatoms. The van der Waals surface area contributed by atoms with Gasteiger partial charge in [0, 0.05) is 13.0 Å². The minimum atomic E-state index is 0.0416. The van der Waals surface area contributed by atoms with Gasteiger partial charge in [0.2, 0.25) is 5.91 Å². The van der Waals surface area contributed by atoms with E-state index in [9.17, 15) is 4.79 Å². The van der Waals surface area contributed by atoms with Crippen molar-refractivity contribution in [3.8, 4) is 0 Å². The Hall–Kier alpha value is -2.62. The highest BCUT2D eigenvalue weighted by atomic mass is 16.1. The van der Waals surface area contributed by atoms with Gasteiger partial charge < -0.3 is 9.88 Å². The van der Waals surface area contributed by atoms with Gasteiger partial charge in [-0.3, -0.25) is 4.79 Å². The van der Waals surface area contributed by atoms with Crippen LogP contribution in [-0.4, -0.2) is 15.5 Å². The Kier molecular flexibility index (Phi) is 5.17. The highest BCUT2D eigenvalue weighted by Crippen LogP contribution is 2.20. The van der Waals surface area contributed by atoms with Crippen LogP contribution in [0, 0.1) is 0 Å². The number of carbonyl (C=O) groups excluding carboxylic acids is 1. The molecule has 0 aliphatic carbocycles. The molecule has 1 amide bonds. The molecule has 0 fully saturated rings. The van der Waals surface area contributed by atoms with Gasteiger partial charge in [-0.1, -0.05) is 57.2 Å². The van der Waals surface area contributed by atoms with E-state index in [2.05, 4.69) is 54.1 Å². The second-order valence-corrected chi connectivity index (χ2v) is 6.63. The molecule has 130 valence electrons. The molecule has 0 saturated carbocycles. The normalized spacial score (nSPS) is 11.2. The van der Waals surface area contributed by atoms with Crippen molar-refractivity contribution in [3.05, 3.63) is 65.5 Å². The molecule has 0 unspecified atom stereocenters. The molecule has 0 atom stereocenters. The third-order valence-corrected chi connectivity index (χ3v) is 4.49. The first-order valence-corrected chi connectivity index (χ1v) is 8.88. The van der Waals surface area contributed by atoms with Gasteiger partial charge in [0.1, 0.15) is 5.82 Å². The first-order chi connectivity index (χ1) is 12.1. The SMILES string of the molecule is CCC(=O)NCc1nc2ccccc2n1Cc1ccc(C(C)C)cc1. The minimum absolute atomic E-state index is 0.0416. The average molecular weight is 335 g/mol. The molecule has 0 spiro atoms. The third-order valence-electron chi connectivity index (χ3n) is 4.49. The summed E-state index contributed by atoms with van der Waals surface area (Å²) in [7, 11) is 0. The number of aromatic nitrogens is 2. The lowest BCUT2D eigenvalue weighted by atomic mass is 10.0. The number of nitrogens with one attached hydrogen (secondary N) is 1. The summed E-state index contributed by atoms with van der Waals surface area (Å²) in [6.45, 7) is 7.45. The number of fused-ring (bicyclic) bond motifs is 1. The predicted octanol–water partition coefficient (Wildman–Crippen LogP) is 4.23. The maximum atomic E-state index is 11.6. The van der Waals surface area contributed by atoms with E-state index >= 15 is 0 Å². The van der Waals surface area contributed by atoms with Gasteiger partial charge in [0.25, 0.3) is 0 Å². The van der Waals surface area contributed by atoms with Crippen molar-refractivity contribution < 1.29 is 4.79 Å². The first-order valence-electron chi connectivity index (χ1n) is 8.88. The number of hydrogen-bond donors (Lipinski definition) is 1. The van der Waals surface area contributed by atoms with Crippen molar-refractivity contribution in [1.29, 1.82) is 0 Å². The zero-order chi connectivity index (χ0) is 17.8. The predicted molar refractivity (Wildman–Crippen MR) is 102 cm³/mol. The zero-order valence-corrected chi connectivity index (χ0v) is 15.1. The summed E-state index contributed by atoms with van der Waals surface area (Å²) in [4.78, 5) is 16.3. The van der Waals surface area contributed by atoms with E-state index in [1.54, 1.807) is 0 Å². The highest BCUT2D eigenvalue weighted by molar-refractivity contribution is 5.77. The molecule has 0 aliphatic rings. The molecule has 3 rings (SSSR count). The van der Waals surface area contributed by atoms with Crippen LogP contribution < -0.4 is 5.32 Å². The van der Waals surface area contributed by atoms with Gasteiger partial charge in [0.15, 0.2) is 0 Å². The van der Waals surface area contributed by atoms with E-state index in [0.717, 1.165) is 23.4 Å². The fraction of sp³-hybridized carbons (Fsp3) is 0.333. The van der Waals surface area contributed by atoms with Crippen LogP contribution in [0.3, 0.4) is 0 Å². The van der Waals surface area contributed by atoms with E-state index < -0.39 is 0 Å². The van der Waals surface area contributed by atoms with E-state index in [0.29, 0.717) is 18.9 Å². The number of hydrogen-bond acceptors (Lipinski definition) is 2. The topological polar surface area (TPSA) is 46.9 Å². The summed E-state index contributed by atoms with van der Waals surface area (Å²) in [6, 6.07) is 16.9. The molecule has 4 nitrogen and oxygen atoms in total. The van der Waals surface area contributed by atoms with E-state index in [4.69, 9.17) is 4.98 Å². The largest absolute Gasteiger partial charge is 0.349 e. The first kappa shape index (κ1) is 17.2. The molecule has 2 aromatic carbocycles. The third kappa shape index (κ3) is 3.90. The molecule has 1 heterocycles. The fourth-order valence-corrected chi connectivity index (χ4v) is 2.93. The second kappa shape index (κ2) is 7.51. The number of rotatable bonds is 6. The van der Waals surface area contributed by atoms with Crippen molar-refractivity contribution in [3.63, 3.8) is 0 Å². The molecule has 3 aromatic rings. The maximum absolute atomic E-state index is 11.6. The minimum Gasteiger partial charge on any atom is -0.349 e. The van der Waals surface area contributed by atoms with Crippen molar-refractivity contribution in [2.45, 2.75) is 46.2 Å². The number of amides is 1. The Morgan fingerprint density at radius 2 is 1.84 bits per heavy atom. The molecule has 0 bridgehead atoms. The molecular weight excluding hydrogens is 310 g/mol. The van der Waals surface area contributed by atoms with E-state index in [-0.39, 0.29) is 5.91 Å². The van der Waals surface area contributed by atoms with Crippen LogP contribution in [0.4, 0.5) is 0 Å². The summed E-state index contributed by atoms with van der Waals surface area (Å²) in [5.74, 6) is 1.46. The van der Waals surface area contributed by atoms with Gasteiger partial charge in [-0.25, -0.2) is 4.98 Å². The van der Waals surface area contributed by atoms with Gasteiger partial charge in [-0.2, -0.15) is 0 Å². The Bertz CT molecular complexity index is 862. The quantitative estimate of drug-likeness (QED) is 0.732. The number of carbonyl (C=O) groups is 1. The lowest BCUT2D eigenvalue weighted by Gasteiger charge is -2.11. The summed E-state index contributed by atoms with van der Waals surface area (Å²) in [6.07, 6.45) is 0.483. The average Bonchev–Trinajstić information content (AvgIpc) is 2.98. The summed E-state index contributed by atoms with van der Waals surface area (Å²) in [5, 5.41) is 2.94. The Morgan fingerprint density at radius 1 is 1.12 bits per heavy atom. The molecule has 0 radical (unpaired) electrons. The number of para-hydroxylation sites is 2. The smallest absolute Gasteiger partial charge is 0.220 e. The number of benzene rings is 2. The highest BCUT2D eigenvalue weighted by Gasteiger charge is 2.12. The van der Waals surface area contributed by atoms with Crippen LogP contribution in [-0.2, 0) is 17.9 Å². The lowest BCUT2D eigenvalue weighted by molar-refractivity contribution is -0.120. The van der Waals surface area contributed by atoms with Crippen LogP contribution in [0.25, 0.3) is 11.0 Å². The van der Waals surface area contributed by atoms with Gasteiger partial charge in [-0.15, -0.1) is 0 Å². The van der Waals surface area contributed by atoms with Crippen molar-refractivity contribution in [2.75, 3.05) is 0 Å². The van der Waals surface area contributed by atoms with Gasteiger partial charge >= 0.3 is 0 Å². The van der Waals surface area contributed by atoms with Crippen LogP contribution >= 0.6 is 0 Å². The zero-order valence-electron chi connectivity index (χ0n) is 15.1. The number of nitrogens with zero attached hydrogens (tertiary/aromatic N) is 2. The van der Waals surface area contributed by atoms with Crippen LogP contribution in [0.5, 0.6) is 0 Å². The monoisotopic (exact) mass is 335 g/mol. The molecule has 25 heavy (non-hydrogen) atoms. The summed E-state index contributed by atoms with van der Waals surface area (Å²) in [5.41, 5.74) is 4.63. The van der Waals surface area contributed by atoms with Crippen LogP contribution in [0.1, 0.15) is 50.1 Å². The maximum Gasteiger partial charge on any atom is 0.220 e. The standard InChI is InChI=1S/C21H25N3O/c1-4-21(25)22-13-20-23-18-7-5-6-8-19(18)24(20)14-16-9-11-17(12-10-16)15(2)3/h5-12,15H,4,13-14H2,1-3H3,(H,22,25). The van der Waals surface area contributed by atoms with Crippen molar-refractivity contribution in [2.24, 2.45) is 0 Å². The summed E-state index contributed by atoms with van der Waals surface area (Å²) < 4.78 is 2.19. The second-order valence-electron chi connectivity index (χ2n) is 6.63. The lowest BCUT2D eigenvalue weighted by Crippen LogP contribution is -2.23. The van der Waals surface area contributed by atoms with Crippen LogP contribution in [0.15, 0.2) is 48.5 Å². The van der Waals surface area contributed by atoms with E-state index in [1.807, 2.05) is 25.1 Å². The van der Waals surface area contributed by atoms with Crippen molar-refractivity contribution in [1.82, 2.24) is 14.9 Å². The Balaban J connectivity index is 1.91. The van der Waals surface area contributed by atoms with Crippen molar-refractivity contribution >= 4 is 16.9 Å². The van der Waals surface area contributed by atoms with Gasteiger partial charge in [-0.05, 0) is 29.2 Å². The molecule has 0 saturated heterocycles. The number of imidazole rings is 1. The molecule has 0 aliphatic heterocycles. The fourth-order valence-electron chi connectivity index (χ4n) is 2.93. The molecule has 1 N–H and O–H groups in total. The van der Waals surface area contributed by atoms with E-state index in [1.165, 1.54) is 11.1 Å². The Labute approximate surface area is 148 Å². The molecular formula is C21H25N3O. The van der Waals surface area contributed by atoms with Crippen LogP contribution in [0.2, 0.25) is 0 Å². The Morgan fingerprint density at radius 3 is 2.52 bits per heavy atom. The summed E-state index contributed by atoms with van der Waals surface area (Å²) >= 11 is 0.